The number of unbranched alkanes of at least 4 members (excludes halogenated alkanes) is 3. The molecule has 3 atom stereocenters. The van der Waals surface area contributed by atoms with Crippen LogP contribution in [-0.2, 0) is 38.1 Å². The Hall–Kier alpha value is -14.4. The number of aromatic nitrogens is 3. The fourth-order valence-corrected chi connectivity index (χ4v) is 13.2. The largest absolute Gasteiger partial charge is 0.494 e. The minimum absolute atomic E-state index is 0.0190. The third-order valence-corrected chi connectivity index (χ3v) is 21.4. The highest BCUT2D eigenvalue weighted by atomic mass is 16.6. The highest BCUT2D eigenvalue weighted by Crippen LogP contribution is 2.28. The van der Waals surface area contributed by atoms with Gasteiger partial charge in [0.1, 0.15) is 17.5 Å². The van der Waals surface area contributed by atoms with Crippen LogP contribution < -0.4 is 26.0 Å². The summed E-state index contributed by atoms with van der Waals surface area (Å²) in [4.78, 5) is 131. The van der Waals surface area contributed by atoms with E-state index in [1.807, 2.05) is 184 Å². The van der Waals surface area contributed by atoms with Crippen molar-refractivity contribution in [1.29, 1.82) is 0 Å². The van der Waals surface area contributed by atoms with Gasteiger partial charge in [0.25, 0.3) is 5.91 Å². The van der Waals surface area contributed by atoms with E-state index >= 15 is 0 Å². The summed E-state index contributed by atoms with van der Waals surface area (Å²) in [5.74, 6) is 0.846. The van der Waals surface area contributed by atoms with Gasteiger partial charge in [-0.25, -0.2) is 24.0 Å². The minimum Gasteiger partial charge on any atom is -0.494 e. The van der Waals surface area contributed by atoms with Crippen LogP contribution in [0, 0.1) is 25.7 Å². The highest BCUT2D eigenvalue weighted by molar-refractivity contribution is 6.03. The van der Waals surface area contributed by atoms with Gasteiger partial charge in [-0.3, -0.25) is 24.0 Å². The van der Waals surface area contributed by atoms with E-state index in [-0.39, 0.29) is 82.4 Å². The average Bonchev–Trinajstić information content (AvgIpc) is 0.774. The topological polar surface area (TPSA) is 313 Å². The fraction of sp³-hybridized carbons (Fsp3) is 0.348. The molecule has 23 heteroatoms. The first-order valence-electron chi connectivity index (χ1n) is 47.4. The molecule has 0 saturated heterocycles. The molecule has 0 aliphatic rings. The molecule has 23 nitrogen and oxygen atoms in total. The predicted molar refractivity (Wildman–Crippen MR) is 556 cm³/mol. The molecule has 0 fully saturated rings. The minimum atomic E-state index is -0.600. The van der Waals surface area contributed by atoms with Crippen molar-refractivity contribution in [3.05, 3.63) is 303 Å². The van der Waals surface area contributed by atoms with Crippen LogP contribution in [0.5, 0.6) is 5.75 Å². The van der Waals surface area contributed by atoms with Crippen molar-refractivity contribution in [2.45, 2.75) is 226 Å². The molecule has 0 radical (unpaired) electrons. The van der Waals surface area contributed by atoms with E-state index < -0.39 is 11.6 Å². The summed E-state index contributed by atoms with van der Waals surface area (Å²) in [6, 6.07) is 66.3. The van der Waals surface area contributed by atoms with Gasteiger partial charge in [0.2, 0.25) is 17.8 Å². The number of ether oxygens (including phenoxy) is 6. The highest BCUT2D eigenvalue weighted by Gasteiger charge is 2.21. The molecule has 11 rings (SSSR count). The first-order valence-corrected chi connectivity index (χ1v) is 47.4. The van der Waals surface area contributed by atoms with Gasteiger partial charge in [0, 0.05) is 68.6 Å². The molecule has 0 aliphatic heterocycles. The smallest absolute Gasteiger partial charge is 0.338 e. The first-order chi connectivity index (χ1) is 65.8. The van der Waals surface area contributed by atoms with Gasteiger partial charge in [-0.05, 0) is 299 Å². The Kier molecular flexibility index (Phi) is 47.9. The Bertz CT molecular complexity index is 5720. The molecular weight excluding hydrogens is 1740 g/mol. The number of aryl methyl sites for hydroxylation is 2. The van der Waals surface area contributed by atoms with Crippen LogP contribution in [0.3, 0.4) is 0 Å². The lowest BCUT2D eigenvalue weighted by atomic mass is 10.0. The summed E-state index contributed by atoms with van der Waals surface area (Å²) < 4.78 is 31.5. The molecule has 0 saturated carbocycles. The van der Waals surface area contributed by atoms with Crippen molar-refractivity contribution in [2.75, 3.05) is 42.9 Å². The van der Waals surface area contributed by atoms with Crippen LogP contribution in [0.1, 0.15) is 295 Å². The Morgan fingerprint density at radius 2 is 0.710 bits per heavy atom. The number of benzene rings is 10. The van der Waals surface area contributed by atoms with Crippen molar-refractivity contribution in [1.82, 2.24) is 20.3 Å². The summed E-state index contributed by atoms with van der Waals surface area (Å²) in [5.41, 5.74) is 10.5. The number of methoxy groups -OCH3 is 1. The zero-order valence-electron chi connectivity index (χ0n) is 84.0. The summed E-state index contributed by atoms with van der Waals surface area (Å²) in [5, 5.41) is 16.3. The van der Waals surface area contributed by atoms with Gasteiger partial charge in [-0.1, -0.05) is 207 Å². The second kappa shape index (κ2) is 58.8. The number of amides is 1. The maximum Gasteiger partial charge on any atom is 0.338 e. The summed E-state index contributed by atoms with van der Waals surface area (Å²) in [7, 11) is 1.36. The Morgan fingerprint density at radius 1 is 0.370 bits per heavy atom. The molecule has 0 spiro atoms. The van der Waals surface area contributed by atoms with E-state index in [1.165, 1.54) is 82.9 Å². The lowest BCUT2D eigenvalue weighted by Crippen LogP contribution is -2.40. The normalized spacial score (nSPS) is 11.6. The molecule has 1 heterocycles. The lowest BCUT2D eigenvalue weighted by molar-refractivity contribution is -0.140. The van der Waals surface area contributed by atoms with Gasteiger partial charge in [0.15, 0.2) is 23.1 Å². The quantitative estimate of drug-likeness (QED) is 0.0121. The number of carbonyl (C=O) groups excluding carboxylic acids is 10. The summed E-state index contributed by atoms with van der Waals surface area (Å²) in [6.07, 6.45) is 22.7. The first kappa shape index (κ1) is 112. The molecule has 730 valence electrons. The van der Waals surface area contributed by atoms with E-state index in [4.69, 9.17) is 23.7 Å². The van der Waals surface area contributed by atoms with E-state index in [0.29, 0.717) is 87.7 Å². The summed E-state index contributed by atoms with van der Waals surface area (Å²) in [6.45, 7) is 37.9. The van der Waals surface area contributed by atoms with Crippen molar-refractivity contribution < 1.29 is 76.4 Å². The maximum absolute atomic E-state index is 12.5. The average molecular weight is 1880 g/mol. The fourth-order valence-electron chi connectivity index (χ4n) is 13.2. The summed E-state index contributed by atoms with van der Waals surface area (Å²) >= 11 is 0. The molecule has 11 aromatic rings. The van der Waals surface area contributed by atoms with Gasteiger partial charge < -0.3 is 49.7 Å². The number of nitrogens with one attached hydrogen (secondary N) is 4. The number of rotatable bonds is 38. The van der Waals surface area contributed by atoms with Crippen LogP contribution in [0.2, 0.25) is 0 Å². The number of ketones is 4. The predicted octanol–water partition coefficient (Wildman–Crippen LogP) is 27.0. The van der Waals surface area contributed by atoms with Crippen LogP contribution >= 0.6 is 0 Å². The molecule has 1 aromatic heterocycles. The molecule has 0 aliphatic carbocycles. The molecule has 1 amide bonds. The lowest BCUT2D eigenvalue weighted by Gasteiger charge is -2.20. The molecule has 10 aromatic carbocycles. The third kappa shape index (κ3) is 42.7. The van der Waals surface area contributed by atoms with Gasteiger partial charge in [0.05, 0.1) is 38.1 Å². The van der Waals surface area contributed by atoms with Crippen LogP contribution in [-0.4, -0.2) is 118 Å². The monoisotopic (exact) mass is 1870 g/mol. The van der Waals surface area contributed by atoms with Gasteiger partial charge >= 0.3 is 29.8 Å². The maximum atomic E-state index is 12.5. The SMILES string of the molecule is CC(=O)c1ccc(Nc2nc(Nc3ccc(C(=O)NC(C)(C)C)cc3)nc(Nc3ccc(C(=O)OC(C)(C)C)cc3)n2)cc1.CC(=O)c1ccc2ccc(C(C)=O)cc2c1.CCCCC(CC)COC(=O)/C=C/c1ccc(C)cc1.CCCCC(CC)COC(=O)/C=C/c1ccc(OCC)cc1.CCCCC(CC)OC(=O)c1ccc2ccc(C(C)=O)cc2c1.COC(=O)/C=C/c1ccc(C)cc1. The van der Waals surface area contributed by atoms with Crippen LogP contribution in [0.4, 0.5) is 34.9 Å². The number of carbonyl (C=O) groups is 10. The number of hydrogen-bond donors (Lipinski definition) is 4. The van der Waals surface area contributed by atoms with Crippen molar-refractivity contribution in [2.24, 2.45) is 11.8 Å². The van der Waals surface area contributed by atoms with E-state index in [9.17, 15) is 47.9 Å². The van der Waals surface area contributed by atoms with Crippen molar-refractivity contribution in [3.8, 4) is 5.75 Å². The second-order valence-corrected chi connectivity index (χ2v) is 35.4. The number of fused-ring (bicyclic) bond motifs is 2. The third-order valence-electron chi connectivity index (χ3n) is 21.4. The number of nitrogens with zero attached hydrogens (tertiary/aromatic N) is 3. The standard InChI is InChI=1S/C33H37N7O4.C20H24O3.C19H28O3.C18H26O2.C14H12O2.C11H12O2/c1-20(41)21-8-14-24(15-9-21)34-29-37-30(35-25-16-10-22(11-17-25)27(42)40-32(2,3)4)39-31(38-29)36-26-18-12-23(13-19-26)28(43)44-33(5,6)7;1-4-6-7-19(5-2)23-20(22)17-11-9-15-8-10-16(14(3)21)12-18(15)13-17;1-4-7-8-16(5-2)15-22-19(20)14-11-17-9-12-18(13-10-17)21-6-3;1-4-6-7-16(5-2)14-20-18(19)13-12-17-10-8-15(3)9-11-17;1-9(15)12-5-3-11-4-6-13(10(2)16)8-14(11)7-12;1-9-3-5-10(6-4-9)7-8-11(12)13-2/h8-19H,1-7H3,(H,40,42)(H3,34,35,36,37,38,39);8-13,19H,4-7H2,1-3H3;9-14,16H,4-8,15H2,1-3H3;8-13,16H,4-7,14H2,1-3H3;3-8H,1-2H3;3-8H,1-2H3/b;;14-11+;13-12+;;8-7+. The Balaban J connectivity index is 0.000000268. The van der Waals surface area contributed by atoms with E-state index in [2.05, 4.69) is 75.6 Å². The van der Waals surface area contributed by atoms with Crippen molar-refractivity contribution in [3.63, 3.8) is 0 Å². The zero-order chi connectivity index (χ0) is 101. The second-order valence-electron chi connectivity index (χ2n) is 35.4. The number of anilines is 6. The molecule has 3 unspecified atom stereocenters. The molecule has 138 heavy (non-hydrogen) atoms. The van der Waals surface area contributed by atoms with Crippen molar-refractivity contribution >= 4 is 134 Å². The molecular formula is C115H139N7O16. The zero-order valence-corrected chi connectivity index (χ0v) is 84.0. The number of hydrogen-bond acceptors (Lipinski definition) is 22. The number of esters is 5. The Labute approximate surface area is 815 Å². The van der Waals surface area contributed by atoms with E-state index in [1.54, 1.807) is 128 Å². The van der Waals surface area contributed by atoms with Gasteiger partial charge in [-0.15, -0.1) is 0 Å². The van der Waals surface area contributed by atoms with Crippen LogP contribution in [0.25, 0.3) is 39.8 Å². The van der Waals surface area contributed by atoms with Crippen LogP contribution in [0.15, 0.2) is 237 Å². The Morgan fingerprint density at radius 3 is 1.05 bits per heavy atom. The molecule has 4 N–H and O–H groups in total. The van der Waals surface area contributed by atoms with E-state index in [0.717, 1.165) is 95.4 Å². The number of Topliss-reactive ketones (excluding diaryl/α,β-unsaturated/α-hetero) is 4. The molecule has 0 bridgehead atoms. The van der Waals surface area contributed by atoms with Gasteiger partial charge in [-0.2, -0.15) is 15.0 Å².